The summed E-state index contributed by atoms with van der Waals surface area (Å²) >= 11 is 0. The van der Waals surface area contributed by atoms with Crippen LogP contribution in [0.4, 0.5) is 30.5 Å². The Balaban J connectivity index is 1.73. The number of nitriles is 1. The molecule has 1 aromatic heterocycles. The first-order valence-electron chi connectivity index (χ1n) is 8.87. The van der Waals surface area contributed by atoms with Crippen LogP contribution in [0.2, 0.25) is 0 Å². The lowest BCUT2D eigenvalue weighted by atomic mass is 10.0. The molecule has 0 radical (unpaired) electrons. The van der Waals surface area contributed by atoms with Gasteiger partial charge in [-0.05, 0) is 38.1 Å². The predicted molar refractivity (Wildman–Crippen MR) is 100 cm³/mol. The third-order valence-electron chi connectivity index (χ3n) is 4.80. The molecule has 0 aliphatic carbocycles. The average molecular weight is 390 g/mol. The molecule has 1 N–H and O–H groups in total. The minimum absolute atomic E-state index is 0.482. The fourth-order valence-corrected chi connectivity index (χ4v) is 3.08. The highest BCUT2D eigenvalue weighted by atomic mass is 19.4. The van der Waals surface area contributed by atoms with E-state index in [1.54, 1.807) is 6.20 Å². The summed E-state index contributed by atoms with van der Waals surface area (Å²) < 4.78 is 38.2. The number of alkyl halides is 3. The first-order valence-corrected chi connectivity index (χ1v) is 8.87. The molecule has 148 valence electrons. The molecule has 0 spiro atoms. The Hall–Kier alpha value is -2.86. The molecule has 0 atom stereocenters. The van der Waals surface area contributed by atoms with E-state index in [1.165, 1.54) is 18.3 Å². The molecule has 1 saturated heterocycles. The molecule has 1 aromatic carbocycles. The van der Waals surface area contributed by atoms with Gasteiger partial charge in [0.05, 0.1) is 11.6 Å². The smallest absolute Gasteiger partial charge is 0.351 e. The van der Waals surface area contributed by atoms with Crippen molar-refractivity contribution < 1.29 is 13.2 Å². The van der Waals surface area contributed by atoms with Gasteiger partial charge in [0.2, 0.25) is 0 Å². The minimum Gasteiger partial charge on any atom is -0.351 e. The predicted octanol–water partition coefficient (Wildman–Crippen LogP) is 3.66. The Kier molecular flexibility index (Phi) is 5.42. The Morgan fingerprint density at radius 1 is 1.00 bits per heavy atom. The zero-order valence-electron chi connectivity index (χ0n) is 15.7. The second-order valence-corrected chi connectivity index (χ2v) is 7.07. The number of piperazine rings is 1. The molecule has 3 rings (SSSR count). The number of halogens is 3. The third kappa shape index (κ3) is 4.34. The van der Waals surface area contributed by atoms with Crippen LogP contribution >= 0.6 is 0 Å². The molecule has 1 aliphatic heterocycles. The zero-order valence-corrected chi connectivity index (χ0v) is 15.7. The van der Waals surface area contributed by atoms with Crippen molar-refractivity contribution >= 4 is 17.3 Å². The standard InChI is InChI=1S/C19H21F3N6/c1-18(2,13-23)28-11-9-27(10-12-28)17-16(24-7-8-25-17)26-15-5-3-14(4-6-15)19(20,21)22/h3-8H,9-12H2,1-2H3,(H,24,26). The summed E-state index contributed by atoms with van der Waals surface area (Å²) in [5, 5.41) is 12.4. The highest BCUT2D eigenvalue weighted by molar-refractivity contribution is 5.68. The van der Waals surface area contributed by atoms with Crippen molar-refractivity contribution in [2.45, 2.75) is 25.6 Å². The van der Waals surface area contributed by atoms with E-state index in [0.29, 0.717) is 43.5 Å². The summed E-state index contributed by atoms with van der Waals surface area (Å²) in [6.45, 7) is 6.54. The van der Waals surface area contributed by atoms with Gasteiger partial charge >= 0.3 is 6.18 Å². The summed E-state index contributed by atoms with van der Waals surface area (Å²) in [5.74, 6) is 1.12. The van der Waals surface area contributed by atoms with Crippen LogP contribution in [-0.4, -0.2) is 46.6 Å². The van der Waals surface area contributed by atoms with E-state index in [1.807, 2.05) is 13.8 Å². The number of nitrogens with one attached hydrogen (secondary N) is 1. The highest BCUT2D eigenvalue weighted by Gasteiger charge is 2.31. The van der Waals surface area contributed by atoms with E-state index in [2.05, 4.69) is 31.2 Å². The molecule has 6 nitrogen and oxygen atoms in total. The van der Waals surface area contributed by atoms with Gasteiger partial charge in [0, 0.05) is 44.3 Å². The van der Waals surface area contributed by atoms with Gasteiger partial charge in [0.15, 0.2) is 11.6 Å². The number of benzene rings is 1. The lowest BCUT2D eigenvalue weighted by Gasteiger charge is -2.41. The molecule has 1 aliphatic rings. The Morgan fingerprint density at radius 3 is 2.18 bits per heavy atom. The lowest BCUT2D eigenvalue weighted by molar-refractivity contribution is -0.137. The lowest BCUT2D eigenvalue weighted by Crippen LogP contribution is -2.54. The van der Waals surface area contributed by atoms with Crippen LogP contribution in [0.15, 0.2) is 36.7 Å². The second kappa shape index (κ2) is 7.64. The van der Waals surface area contributed by atoms with E-state index in [-0.39, 0.29) is 0 Å². The number of anilines is 3. The van der Waals surface area contributed by atoms with Crippen molar-refractivity contribution in [1.82, 2.24) is 14.9 Å². The van der Waals surface area contributed by atoms with Crippen molar-refractivity contribution in [3.8, 4) is 6.07 Å². The maximum absolute atomic E-state index is 12.7. The van der Waals surface area contributed by atoms with Crippen LogP contribution < -0.4 is 10.2 Å². The fraction of sp³-hybridized carbons (Fsp3) is 0.421. The fourth-order valence-electron chi connectivity index (χ4n) is 3.08. The topological polar surface area (TPSA) is 68.1 Å². The summed E-state index contributed by atoms with van der Waals surface area (Å²) in [4.78, 5) is 12.9. The quantitative estimate of drug-likeness (QED) is 0.859. The van der Waals surface area contributed by atoms with Gasteiger partial charge in [-0.25, -0.2) is 9.97 Å². The molecule has 9 heteroatoms. The van der Waals surface area contributed by atoms with Gasteiger partial charge in [-0.1, -0.05) is 0 Å². The van der Waals surface area contributed by atoms with Crippen molar-refractivity contribution in [1.29, 1.82) is 5.26 Å². The van der Waals surface area contributed by atoms with Crippen molar-refractivity contribution in [3.05, 3.63) is 42.2 Å². The first kappa shape index (κ1) is 19.9. The van der Waals surface area contributed by atoms with E-state index in [9.17, 15) is 18.4 Å². The van der Waals surface area contributed by atoms with Crippen molar-refractivity contribution in [3.63, 3.8) is 0 Å². The number of nitrogens with zero attached hydrogens (tertiary/aromatic N) is 5. The maximum atomic E-state index is 12.7. The average Bonchev–Trinajstić information content (AvgIpc) is 2.68. The maximum Gasteiger partial charge on any atom is 0.416 e. The van der Waals surface area contributed by atoms with Gasteiger partial charge in [0.25, 0.3) is 0 Å². The largest absolute Gasteiger partial charge is 0.416 e. The molecular formula is C19H21F3N6. The summed E-state index contributed by atoms with van der Waals surface area (Å²) in [6.07, 6.45) is -1.25. The SMILES string of the molecule is CC(C)(C#N)N1CCN(c2nccnc2Nc2ccc(C(F)(F)F)cc2)CC1. The van der Waals surface area contributed by atoms with Gasteiger partial charge in [-0.15, -0.1) is 0 Å². The molecule has 0 saturated carbocycles. The highest BCUT2D eigenvalue weighted by Crippen LogP contribution is 2.31. The molecule has 0 unspecified atom stereocenters. The summed E-state index contributed by atoms with van der Waals surface area (Å²) in [5.41, 5.74) is -0.733. The number of rotatable bonds is 4. The molecule has 1 fully saturated rings. The molecule has 28 heavy (non-hydrogen) atoms. The summed E-state index contributed by atoms with van der Waals surface area (Å²) in [7, 11) is 0. The van der Waals surface area contributed by atoms with Gasteiger partial charge < -0.3 is 10.2 Å². The Bertz CT molecular complexity index is 849. The van der Waals surface area contributed by atoms with Crippen LogP contribution in [0.3, 0.4) is 0 Å². The van der Waals surface area contributed by atoms with E-state index >= 15 is 0 Å². The number of aromatic nitrogens is 2. The third-order valence-corrected chi connectivity index (χ3v) is 4.80. The van der Waals surface area contributed by atoms with Crippen LogP contribution in [0, 0.1) is 11.3 Å². The Morgan fingerprint density at radius 2 is 1.61 bits per heavy atom. The zero-order chi connectivity index (χ0) is 20.4. The van der Waals surface area contributed by atoms with E-state index in [0.717, 1.165) is 12.1 Å². The van der Waals surface area contributed by atoms with Gasteiger partial charge in [-0.2, -0.15) is 18.4 Å². The van der Waals surface area contributed by atoms with Crippen LogP contribution in [0.25, 0.3) is 0 Å². The molecular weight excluding hydrogens is 369 g/mol. The Labute approximate surface area is 161 Å². The van der Waals surface area contributed by atoms with Crippen LogP contribution in [0.1, 0.15) is 19.4 Å². The van der Waals surface area contributed by atoms with Crippen LogP contribution in [0.5, 0.6) is 0 Å². The van der Waals surface area contributed by atoms with Crippen LogP contribution in [-0.2, 0) is 6.18 Å². The number of hydrogen-bond donors (Lipinski definition) is 1. The van der Waals surface area contributed by atoms with E-state index < -0.39 is 17.3 Å². The van der Waals surface area contributed by atoms with Crippen molar-refractivity contribution in [2.24, 2.45) is 0 Å². The first-order chi connectivity index (χ1) is 13.2. The molecule has 0 bridgehead atoms. The van der Waals surface area contributed by atoms with Crippen molar-refractivity contribution in [2.75, 3.05) is 36.4 Å². The summed E-state index contributed by atoms with van der Waals surface area (Å²) in [6, 6.07) is 7.11. The minimum atomic E-state index is -4.37. The molecule has 0 amide bonds. The van der Waals surface area contributed by atoms with Gasteiger partial charge in [-0.3, -0.25) is 4.90 Å². The normalized spacial score (nSPS) is 15.9. The second-order valence-electron chi connectivity index (χ2n) is 7.07. The van der Waals surface area contributed by atoms with Gasteiger partial charge in [0.1, 0.15) is 5.54 Å². The molecule has 2 aromatic rings. The monoisotopic (exact) mass is 390 g/mol. The molecule has 2 heterocycles. The van der Waals surface area contributed by atoms with E-state index in [4.69, 9.17) is 0 Å². The number of hydrogen-bond acceptors (Lipinski definition) is 6.